The van der Waals surface area contributed by atoms with Gasteiger partial charge in [0.1, 0.15) is 11.6 Å². The van der Waals surface area contributed by atoms with Crippen LogP contribution in [0.5, 0.6) is 5.75 Å². The summed E-state index contributed by atoms with van der Waals surface area (Å²) in [5.74, 6) is -1.18. The normalized spacial score (nSPS) is 10.1. The molecule has 0 aromatic heterocycles. The van der Waals surface area contributed by atoms with Crippen molar-refractivity contribution in [3.8, 4) is 5.75 Å². The van der Waals surface area contributed by atoms with E-state index in [1.807, 2.05) is 24.3 Å². The molecule has 0 spiro atoms. The molecule has 2 aromatic carbocycles. The van der Waals surface area contributed by atoms with E-state index in [-0.39, 0.29) is 6.54 Å². The number of benzene rings is 2. The van der Waals surface area contributed by atoms with Gasteiger partial charge < -0.3 is 15.4 Å². The predicted octanol–water partition coefficient (Wildman–Crippen LogP) is 1.81. The van der Waals surface area contributed by atoms with Gasteiger partial charge in [-0.2, -0.15) is 0 Å². The van der Waals surface area contributed by atoms with Crippen LogP contribution in [0, 0.1) is 5.82 Å². The number of rotatable bonds is 6. The first-order valence-corrected chi connectivity index (χ1v) is 7.52. The molecule has 0 aliphatic heterocycles. The summed E-state index contributed by atoms with van der Waals surface area (Å²) in [4.78, 5) is 23.4. The Hall–Kier alpha value is -2.89. The average Bonchev–Trinajstić information content (AvgIpc) is 2.61. The monoisotopic (exact) mass is 330 g/mol. The van der Waals surface area contributed by atoms with Crippen molar-refractivity contribution in [2.75, 3.05) is 13.7 Å². The second-order valence-corrected chi connectivity index (χ2v) is 5.13. The lowest BCUT2D eigenvalue weighted by Gasteiger charge is -2.08. The van der Waals surface area contributed by atoms with E-state index in [1.165, 1.54) is 6.07 Å². The van der Waals surface area contributed by atoms with E-state index < -0.39 is 17.6 Å². The molecule has 24 heavy (non-hydrogen) atoms. The van der Waals surface area contributed by atoms with E-state index in [1.54, 1.807) is 25.3 Å². The highest BCUT2D eigenvalue weighted by Crippen LogP contribution is 2.11. The zero-order chi connectivity index (χ0) is 17.4. The number of hydrogen-bond acceptors (Lipinski definition) is 3. The van der Waals surface area contributed by atoms with E-state index in [4.69, 9.17) is 4.74 Å². The van der Waals surface area contributed by atoms with Crippen molar-refractivity contribution >= 4 is 11.8 Å². The van der Waals surface area contributed by atoms with Crippen LogP contribution in [0.3, 0.4) is 0 Å². The first kappa shape index (κ1) is 17.5. The Morgan fingerprint density at radius 1 is 1.00 bits per heavy atom. The van der Waals surface area contributed by atoms with E-state index in [0.717, 1.165) is 11.3 Å². The van der Waals surface area contributed by atoms with Crippen molar-refractivity contribution in [2.24, 2.45) is 0 Å². The molecule has 2 N–H and O–H groups in total. The van der Waals surface area contributed by atoms with Crippen LogP contribution in [0.1, 0.15) is 11.1 Å². The summed E-state index contributed by atoms with van der Waals surface area (Å²) >= 11 is 0. The highest BCUT2D eigenvalue weighted by molar-refractivity contribution is 6.35. The zero-order valence-corrected chi connectivity index (χ0v) is 13.3. The predicted molar refractivity (Wildman–Crippen MR) is 88.0 cm³/mol. The Morgan fingerprint density at radius 3 is 2.33 bits per heavy atom. The fourth-order valence-electron chi connectivity index (χ4n) is 2.09. The molecule has 5 nitrogen and oxygen atoms in total. The van der Waals surface area contributed by atoms with Crippen LogP contribution in [-0.2, 0) is 22.6 Å². The second kappa shape index (κ2) is 8.67. The van der Waals surface area contributed by atoms with Crippen molar-refractivity contribution in [2.45, 2.75) is 13.0 Å². The Bertz CT molecular complexity index is 702. The van der Waals surface area contributed by atoms with Crippen LogP contribution in [0.25, 0.3) is 0 Å². The molecule has 0 aliphatic rings. The van der Waals surface area contributed by atoms with Gasteiger partial charge in [-0.15, -0.1) is 0 Å². The standard InChI is InChI=1S/C18H19FN2O3/c1-24-15-8-6-13(7-9-15)10-11-20-17(22)18(23)21-12-14-4-2-3-5-16(14)19/h2-9H,10-12H2,1H3,(H,20,22)(H,21,23). The maximum Gasteiger partial charge on any atom is 0.309 e. The molecule has 2 rings (SSSR count). The van der Waals surface area contributed by atoms with Gasteiger partial charge in [0.15, 0.2) is 0 Å². The van der Waals surface area contributed by atoms with Crippen LogP contribution < -0.4 is 15.4 Å². The minimum absolute atomic E-state index is 0.0304. The van der Waals surface area contributed by atoms with Crippen molar-refractivity contribution in [3.63, 3.8) is 0 Å². The summed E-state index contributed by atoms with van der Waals surface area (Å²) in [6, 6.07) is 13.5. The lowest BCUT2D eigenvalue weighted by Crippen LogP contribution is -2.40. The van der Waals surface area contributed by atoms with Crippen LogP contribution >= 0.6 is 0 Å². The van der Waals surface area contributed by atoms with Gasteiger partial charge in [-0.1, -0.05) is 30.3 Å². The molecule has 126 valence electrons. The Morgan fingerprint density at radius 2 is 1.67 bits per heavy atom. The van der Waals surface area contributed by atoms with Gasteiger partial charge in [-0.05, 0) is 30.2 Å². The van der Waals surface area contributed by atoms with E-state index in [0.29, 0.717) is 18.5 Å². The first-order chi connectivity index (χ1) is 11.6. The van der Waals surface area contributed by atoms with Crippen LogP contribution in [0.2, 0.25) is 0 Å². The third-order valence-electron chi connectivity index (χ3n) is 3.46. The Balaban J connectivity index is 1.73. The quantitative estimate of drug-likeness (QED) is 0.794. The zero-order valence-electron chi connectivity index (χ0n) is 13.3. The van der Waals surface area contributed by atoms with Crippen molar-refractivity contribution in [3.05, 3.63) is 65.5 Å². The Kier molecular flexibility index (Phi) is 6.31. The number of amides is 2. The van der Waals surface area contributed by atoms with Gasteiger partial charge in [-0.3, -0.25) is 9.59 Å². The summed E-state index contributed by atoms with van der Waals surface area (Å²) in [5.41, 5.74) is 1.35. The molecule has 2 aromatic rings. The molecule has 0 heterocycles. The summed E-state index contributed by atoms with van der Waals surface area (Å²) < 4.78 is 18.5. The highest BCUT2D eigenvalue weighted by atomic mass is 19.1. The largest absolute Gasteiger partial charge is 0.497 e. The lowest BCUT2D eigenvalue weighted by atomic mass is 10.1. The minimum atomic E-state index is -0.784. The smallest absolute Gasteiger partial charge is 0.309 e. The maximum absolute atomic E-state index is 13.4. The fraction of sp³-hybridized carbons (Fsp3) is 0.222. The number of ether oxygens (including phenoxy) is 1. The van der Waals surface area contributed by atoms with Crippen LogP contribution in [0.15, 0.2) is 48.5 Å². The SMILES string of the molecule is COc1ccc(CCNC(=O)C(=O)NCc2ccccc2F)cc1. The number of halogens is 1. The first-order valence-electron chi connectivity index (χ1n) is 7.52. The molecule has 0 saturated heterocycles. The van der Waals surface area contributed by atoms with Gasteiger partial charge in [0.05, 0.1) is 7.11 Å². The molecule has 0 saturated carbocycles. The molecule has 0 fully saturated rings. The summed E-state index contributed by atoms with van der Waals surface area (Å²) in [7, 11) is 1.59. The number of carbonyl (C=O) groups excluding carboxylic acids is 2. The molecule has 0 unspecified atom stereocenters. The third-order valence-corrected chi connectivity index (χ3v) is 3.46. The molecule has 0 radical (unpaired) electrons. The third kappa shape index (κ3) is 5.08. The number of hydrogen-bond donors (Lipinski definition) is 2. The minimum Gasteiger partial charge on any atom is -0.497 e. The number of methoxy groups -OCH3 is 1. The number of nitrogens with one attached hydrogen (secondary N) is 2. The molecule has 0 bridgehead atoms. The highest BCUT2D eigenvalue weighted by Gasteiger charge is 2.13. The van der Waals surface area contributed by atoms with Crippen LogP contribution in [-0.4, -0.2) is 25.5 Å². The van der Waals surface area contributed by atoms with E-state index in [2.05, 4.69) is 10.6 Å². The molecular weight excluding hydrogens is 311 g/mol. The fourth-order valence-corrected chi connectivity index (χ4v) is 2.09. The summed E-state index contributed by atoms with van der Waals surface area (Å²) in [6.07, 6.45) is 0.594. The van der Waals surface area contributed by atoms with Gasteiger partial charge in [0.2, 0.25) is 0 Å². The molecule has 0 aliphatic carbocycles. The van der Waals surface area contributed by atoms with E-state index in [9.17, 15) is 14.0 Å². The average molecular weight is 330 g/mol. The van der Waals surface area contributed by atoms with Gasteiger partial charge in [-0.25, -0.2) is 4.39 Å². The topological polar surface area (TPSA) is 67.4 Å². The van der Waals surface area contributed by atoms with Gasteiger partial charge in [0.25, 0.3) is 0 Å². The Labute approximate surface area is 139 Å². The van der Waals surface area contributed by atoms with Gasteiger partial charge in [0, 0.05) is 18.7 Å². The molecule has 6 heteroatoms. The molecular formula is C18H19FN2O3. The summed E-state index contributed by atoms with van der Waals surface area (Å²) in [6.45, 7) is 0.301. The summed E-state index contributed by atoms with van der Waals surface area (Å²) in [5, 5.41) is 4.93. The lowest BCUT2D eigenvalue weighted by molar-refractivity contribution is -0.139. The van der Waals surface area contributed by atoms with Gasteiger partial charge >= 0.3 is 11.8 Å². The molecule has 0 atom stereocenters. The maximum atomic E-state index is 13.4. The number of carbonyl (C=O) groups is 2. The van der Waals surface area contributed by atoms with E-state index >= 15 is 0 Å². The van der Waals surface area contributed by atoms with Crippen molar-refractivity contribution in [1.29, 1.82) is 0 Å². The molecule has 2 amide bonds. The van der Waals surface area contributed by atoms with Crippen LogP contribution in [0.4, 0.5) is 4.39 Å². The van der Waals surface area contributed by atoms with Crippen molar-refractivity contribution in [1.82, 2.24) is 10.6 Å². The van der Waals surface area contributed by atoms with Crippen molar-refractivity contribution < 1.29 is 18.7 Å². The second-order valence-electron chi connectivity index (χ2n) is 5.13.